The second-order valence-corrected chi connectivity index (χ2v) is 10.8. The fraction of sp³-hybridized carbons (Fsp3) is 0.500. The molecule has 0 amide bonds. The summed E-state index contributed by atoms with van der Waals surface area (Å²) >= 11 is 0. The van der Waals surface area contributed by atoms with Gasteiger partial charge in [-0.3, -0.25) is 0 Å². The van der Waals surface area contributed by atoms with Crippen molar-refractivity contribution < 1.29 is 23.0 Å². The summed E-state index contributed by atoms with van der Waals surface area (Å²) in [6, 6.07) is 12.1. The number of fused-ring (bicyclic) bond motifs is 3. The Kier molecular flexibility index (Phi) is 4.34. The third kappa shape index (κ3) is 3.09. The van der Waals surface area contributed by atoms with Crippen LogP contribution in [0.4, 0.5) is 0 Å². The predicted molar refractivity (Wildman–Crippen MR) is 125 cm³/mol. The summed E-state index contributed by atoms with van der Waals surface area (Å²) in [5.41, 5.74) is 1.98. The van der Waals surface area contributed by atoms with Gasteiger partial charge in [-0.2, -0.15) is 0 Å². The molecule has 31 heavy (non-hydrogen) atoms. The second kappa shape index (κ2) is 6.38. The van der Waals surface area contributed by atoms with Gasteiger partial charge in [-0.15, -0.1) is 0 Å². The third-order valence-electron chi connectivity index (χ3n) is 7.58. The van der Waals surface area contributed by atoms with E-state index in [1.807, 2.05) is 24.3 Å². The molecule has 5 rings (SSSR count). The van der Waals surface area contributed by atoms with Crippen molar-refractivity contribution in [3.63, 3.8) is 0 Å². The molecule has 2 aliphatic heterocycles. The van der Waals surface area contributed by atoms with Crippen molar-refractivity contribution in [1.82, 2.24) is 0 Å². The molecule has 0 bridgehead atoms. The van der Waals surface area contributed by atoms with Crippen molar-refractivity contribution in [2.45, 2.75) is 77.8 Å². The zero-order valence-corrected chi connectivity index (χ0v) is 19.7. The molecule has 0 atom stereocenters. The molecule has 0 unspecified atom stereocenters. The van der Waals surface area contributed by atoms with E-state index in [-0.39, 0.29) is 11.2 Å². The lowest BCUT2D eigenvalue weighted by Gasteiger charge is -2.32. The van der Waals surface area contributed by atoms with Crippen LogP contribution in [0.3, 0.4) is 0 Å². The van der Waals surface area contributed by atoms with Crippen LogP contribution in [-0.2, 0) is 18.6 Å². The predicted octanol–water partition coefficient (Wildman–Crippen LogP) is 4.18. The zero-order chi connectivity index (χ0) is 22.4. The molecule has 0 saturated carbocycles. The summed E-state index contributed by atoms with van der Waals surface area (Å²) < 4.78 is 31.4. The number of furan rings is 1. The van der Waals surface area contributed by atoms with Gasteiger partial charge in [0.05, 0.1) is 22.4 Å². The van der Waals surface area contributed by atoms with Gasteiger partial charge in [-0.1, -0.05) is 24.3 Å². The first-order chi connectivity index (χ1) is 14.3. The molecule has 1 aromatic heterocycles. The van der Waals surface area contributed by atoms with Gasteiger partial charge in [0.2, 0.25) is 0 Å². The Bertz CT molecular complexity index is 1150. The van der Waals surface area contributed by atoms with Crippen LogP contribution in [0, 0.1) is 0 Å². The highest BCUT2D eigenvalue weighted by Gasteiger charge is 2.53. The molecule has 162 valence electrons. The summed E-state index contributed by atoms with van der Waals surface area (Å²) in [5.74, 6) is 0. The lowest BCUT2D eigenvalue weighted by Crippen LogP contribution is -2.41. The minimum Gasteiger partial charge on any atom is -0.456 e. The van der Waals surface area contributed by atoms with Crippen molar-refractivity contribution in [1.29, 1.82) is 0 Å². The van der Waals surface area contributed by atoms with E-state index in [9.17, 15) is 0 Å². The maximum Gasteiger partial charge on any atom is 0.495 e. The largest absolute Gasteiger partial charge is 0.495 e. The van der Waals surface area contributed by atoms with Crippen LogP contribution in [0.1, 0.15) is 55.4 Å². The molecule has 7 heteroatoms. The number of hydrogen-bond donors (Lipinski definition) is 0. The van der Waals surface area contributed by atoms with E-state index in [0.29, 0.717) is 0 Å². The van der Waals surface area contributed by atoms with E-state index in [1.54, 1.807) is 0 Å². The molecule has 0 spiro atoms. The highest BCUT2D eigenvalue weighted by Crippen LogP contribution is 2.39. The van der Waals surface area contributed by atoms with Gasteiger partial charge in [0.15, 0.2) is 0 Å². The molecule has 0 radical (unpaired) electrons. The lowest BCUT2D eigenvalue weighted by molar-refractivity contribution is 0.00578. The maximum absolute atomic E-state index is 6.35. The number of benzene rings is 2. The summed E-state index contributed by atoms with van der Waals surface area (Å²) in [7, 11) is -0.890. The molecule has 2 aliphatic rings. The van der Waals surface area contributed by atoms with Crippen LogP contribution < -0.4 is 10.9 Å². The standard InChI is InChI=1S/C24H30B2O5/c1-21(2)22(3,4)29-25(28-21)15-12-13-18-16(14-15)20-17(10-9-11-19(20)27-18)26-30-23(5,6)24(7,8)31-26/h9-14H,1-8H3. The summed E-state index contributed by atoms with van der Waals surface area (Å²) in [6.07, 6.45) is 0. The van der Waals surface area contributed by atoms with Crippen LogP contribution in [0.5, 0.6) is 0 Å². The molecular formula is C24H30B2O5. The van der Waals surface area contributed by atoms with Crippen LogP contribution in [0.2, 0.25) is 0 Å². The quantitative estimate of drug-likeness (QED) is 0.583. The molecule has 2 aromatic carbocycles. The van der Waals surface area contributed by atoms with Crippen LogP contribution in [-0.4, -0.2) is 36.6 Å². The Morgan fingerprint density at radius 2 is 1.16 bits per heavy atom. The Morgan fingerprint density at radius 3 is 1.74 bits per heavy atom. The lowest BCUT2D eigenvalue weighted by atomic mass is 9.75. The second-order valence-electron chi connectivity index (χ2n) is 10.8. The van der Waals surface area contributed by atoms with E-state index in [4.69, 9.17) is 23.0 Å². The molecule has 2 saturated heterocycles. The van der Waals surface area contributed by atoms with Gasteiger partial charge >= 0.3 is 14.2 Å². The van der Waals surface area contributed by atoms with E-state index in [1.165, 1.54) is 0 Å². The van der Waals surface area contributed by atoms with Crippen molar-refractivity contribution in [3.8, 4) is 0 Å². The van der Waals surface area contributed by atoms with Gasteiger partial charge in [0, 0.05) is 10.8 Å². The highest BCUT2D eigenvalue weighted by atomic mass is 16.7. The number of hydrogen-bond acceptors (Lipinski definition) is 5. The Morgan fingerprint density at radius 1 is 0.613 bits per heavy atom. The fourth-order valence-corrected chi connectivity index (χ4v) is 4.16. The van der Waals surface area contributed by atoms with Gasteiger partial charge in [0.1, 0.15) is 11.2 Å². The first-order valence-electron chi connectivity index (χ1n) is 11.0. The Labute approximate surface area is 184 Å². The first-order valence-corrected chi connectivity index (χ1v) is 11.0. The monoisotopic (exact) mass is 420 g/mol. The van der Waals surface area contributed by atoms with Gasteiger partial charge in [0.25, 0.3) is 0 Å². The molecular weight excluding hydrogens is 390 g/mol. The molecule has 3 aromatic rings. The average Bonchev–Trinajstić information content (AvgIpc) is 3.21. The zero-order valence-electron chi connectivity index (χ0n) is 19.7. The van der Waals surface area contributed by atoms with E-state index >= 15 is 0 Å². The van der Waals surface area contributed by atoms with E-state index in [2.05, 4.69) is 67.5 Å². The smallest absolute Gasteiger partial charge is 0.456 e. The topological polar surface area (TPSA) is 50.1 Å². The highest BCUT2D eigenvalue weighted by molar-refractivity contribution is 6.66. The van der Waals surface area contributed by atoms with Crippen molar-refractivity contribution in [3.05, 3.63) is 36.4 Å². The van der Waals surface area contributed by atoms with Gasteiger partial charge in [-0.25, -0.2) is 0 Å². The van der Waals surface area contributed by atoms with Crippen molar-refractivity contribution in [2.24, 2.45) is 0 Å². The first kappa shape index (κ1) is 21.1. The normalized spacial score (nSPS) is 23.9. The number of rotatable bonds is 2. The molecule has 0 aliphatic carbocycles. The Hall–Kier alpha value is -1.79. The minimum atomic E-state index is -0.463. The minimum absolute atomic E-state index is 0.390. The molecule has 3 heterocycles. The van der Waals surface area contributed by atoms with Crippen molar-refractivity contribution >= 4 is 47.1 Å². The third-order valence-corrected chi connectivity index (χ3v) is 7.58. The van der Waals surface area contributed by atoms with Crippen LogP contribution in [0.15, 0.2) is 40.8 Å². The SMILES string of the molecule is CC1(C)OB(c2ccc3oc4cccc(B5OC(C)(C)C(C)(C)O5)c4c3c2)OC1(C)C. The van der Waals surface area contributed by atoms with Crippen LogP contribution >= 0.6 is 0 Å². The molecule has 5 nitrogen and oxygen atoms in total. The summed E-state index contributed by atoms with van der Waals surface area (Å²) in [5, 5.41) is 2.02. The van der Waals surface area contributed by atoms with Gasteiger partial charge in [-0.05, 0) is 78.4 Å². The summed E-state index contributed by atoms with van der Waals surface area (Å²) in [6.45, 7) is 16.5. The summed E-state index contributed by atoms with van der Waals surface area (Å²) in [4.78, 5) is 0. The fourth-order valence-electron chi connectivity index (χ4n) is 4.16. The van der Waals surface area contributed by atoms with E-state index in [0.717, 1.165) is 32.9 Å². The van der Waals surface area contributed by atoms with Crippen molar-refractivity contribution in [2.75, 3.05) is 0 Å². The van der Waals surface area contributed by atoms with Gasteiger partial charge < -0.3 is 23.0 Å². The molecule has 0 N–H and O–H groups in total. The van der Waals surface area contributed by atoms with Crippen LogP contribution in [0.25, 0.3) is 21.9 Å². The average molecular weight is 420 g/mol. The maximum atomic E-state index is 6.35. The Balaban J connectivity index is 1.62. The van der Waals surface area contributed by atoms with E-state index < -0.39 is 25.4 Å². The molecule has 2 fully saturated rings.